The van der Waals surface area contributed by atoms with Gasteiger partial charge in [0.1, 0.15) is 11.9 Å². The zero-order valence-electron chi connectivity index (χ0n) is 8.53. The molecule has 6 heteroatoms. The lowest BCUT2D eigenvalue weighted by atomic mass is 10.2. The molecule has 2 unspecified atom stereocenters. The summed E-state index contributed by atoms with van der Waals surface area (Å²) in [5.41, 5.74) is 11.2. The third-order valence-electron chi connectivity index (χ3n) is 2.38. The third kappa shape index (κ3) is 2.35. The van der Waals surface area contributed by atoms with Crippen LogP contribution >= 0.6 is 0 Å². The van der Waals surface area contributed by atoms with Gasteiger partial charge in [-0.2, -0.15) is 0 Å². The van der Waals surface area contributed by atoms with Crippen LogP contribution in [0.15, 0.2) is 24.3 Å². The van der Waals surface area contributed by atoms with Crippen molar-refractivity contribution in [3.05, 3.63) is 30.1 Å². The molecule has 0 saturated carbocycles. The van der Waals surface area contributed by atoms with Gasteiger partial charge in [-0.25, -0.2) is 15.2 Å². The van der Waals surface area contributed by atoms with Gasteiger partial charge in [-0.15, -0.1) is 0 Å². The van der Waals surface area contributed by atoms with E-state index in [0.717, 1.165) is 0 Å². The summed E-state index contributed by atoms with van der Waals surface area (Å²) in [6.45, 7) is 0. The van der Waals surface area contributed by atoms with Crippen molar-refractivity contribution in [2.24, 2.45) is 5.73 Å². The minimum Gasteiger partial charge on any atom is -0.322 e. The number of carbonyl (C=O) groups is 1. The van der Waals surface area contributed by atoms with E-state index in [2.05, 4.69) is 16.2 Å². The number of rotatable bonds is 2. The number of halogens is 1. The Morgan fingerprint density at radius 1 is 1.44 bits per heavy atom. The van der Waals surface area contributed by atoms with Crippen molar-refractivity contribution in [1.29, 1.82) is 0 Å². The molecule has 5 nitrogen and oxygen atoms in total. The molecule has 1 saturated heterocycles. The molecular formula is C10H13FN4O. The molecule has 2 rings (SSSR count). The Labute approximate surface area is 92.2 Å². The zero-order valence-corrected chi connectivity index (χ0v) is 8.53. The van der Waals surface area contributed by atoms with Crippen molar-refractivity contribution >= 4 is 11.6 Å². The predicted octanol–water partition coefficient (Wildman–Crippen LogP) is -0.0845. The van der Waals surface area contributed by atoms with Crippen molar-refractivity contribution in [1.82, 2.24) is 10.9 Å². The summed E-state index contributed by atoms with van der Waals surface area (Å²) in [4.78, 5) is 11.7. The summed E-state index contributed by atoms with van der Waals surface area (Å²) < 4.78 is 13.2. The maximum atomic E-state index is 13.2. The van der Waals surface area contributed by atoms with Gasteiger partial charge in [0, 0.05) is 6.42 Å². The highest BCUT2D eigenvalue weighted by Gasteiger charge is 2.27. The Morgan fingerprint density at radius 2 is 2.19 bits per heavy atom. The molecule has 0 bridgehead atoms. The highest BCUT2D eigenvalue weighted by molar-refractivity contribution is 5.95. The van der Waals surface area contributed by atoms with E-state index in [1.165, 1.54) is 12.1 Å². The van der Waals surface area contributed by atoms with Crippen LogP contribution in [0.25, 0.3) is 0 Å². The van der Waals surface area contributed by atoms with Crippen LogP contribution < -0.4 is 21.9 Å². The summed E-state index contributed by atoms with van der Waals surface area (Å²) in [6, 6.07) is 5.59. The van der Waals surface area contributed by atoms with Gasteiger partial charge in [0.2, 0.25) is 5.91 Å². The lowest BCUT2D eigenvalue weighted by Gasteiger charge is -2.10. The number of hydrogen-bond donors (Lipinski definition) is 4. The van der Waals surface area contributed by atoms with Gasteiger partial charge in [0.25, 0.3) is 0 Å². The van der Waals surface area contributed by atoms with Crippen LogP contribution in [0.5, 0.6) is 0 Å². The number of nitrogens with one attached hydrogen (secondary N) is 3. The number of hydrazine groups is 1. The first kappa shape index (κ1) is 11.0. The first-order chi connectivity index (χ1) is 7.66. The quantitative estimate of drug-likeness (QED) is 0.566. The Bertz CT molecular complexity index is 398. The number of para-hydroxylation sites is 1. The highest BCUT2D eigenvalue weighted by Crippen LogP contribution is 2.13. The molecule has 0 radical (unpaired) electrons. The van der Waals surface area contributed by atoms with Crippen LogP contribution in [-0.4, -0.2) is 18.1 Å². The van der Waals surface area contributed by atoms with Gasteiger partial charge in [-0.1, -0.05) is 12.1 Å². The van der Waals surface area contributed by atoms with Crippen molar-refractivity contribution in [2.75, 3.05) is 5.32 Å². The Balaban J connectivity index is 2.00. The number of benzene rings is 1. The van der Waals surface area contributed by atoms with E-state index in [1.807, 2.05) is 0 Å². The number of nitrogens with two attached hydrogens (primary N) is 1. The van der Waals surface area contributed by atoms with Crippen molar-refractivity contribution in [2.45, 2.75) is 18.6 Å². The van der Waals surface area contributed by atoms with Crippen LogP contribution in [0.1, 0.15) is 6.42 Å². The molecule has 16 heavy (non-hydrogen) atoms. The lowest BCUT2D eigenvalue weighted by Crippen LogP contribution is -2.41. The van der Waals surface area contributed by atoms with E-state index >= 15 is 0 Å². The lowest BCUT2D eigenvalue weighted by molar-refractivity contribution is -0.117. The summed E-state index contributed by atoms with van der Waals surface area (Å²) in [5.74, 6) is -0.753. The van der Waals surface area contributed by atoms with E-state index in [4.69, 9.17) is 5.73 Å². The molecule has 5 N–H and O–H groups in total. The molecule has 1 amide bonds. The first-order valence-electron chi connectivity index (χ1n) is 4.99. The molecule has 1 aromatic rings. The van der Waals surface area contributed by atoms with Gasteiger partial charge in [-0.3, -0.25) is 4.79 Å². The van der Waals surface area contributed by atoms with Crippen LogP contribution in [0.3, 0.4) is 0 Å². The molecule has 86 valence electrons. The number of anilines is 1. The van der Waals surface area contributed by atoms with Gasteiger partial charge < -0.3 is 11.1 Å². The molecule has 1 fully saturated rings. The topological polar surface area (TPSA) is 79.2 Å². The molecule has 0 aromatic heterocycles. The fourth-order valence-electron chi connectivity index (χ4n) is 1.53. The van der Waals surface area contributed by atoms with Crippen LogP contribution in [0.4, 0.5) is 10.1 Å². The molecule has 1 aliphatic rings. The van der Waals surface area contributed by atoms with Crippen molar-refractivity contribution in [3.63, 3.8) is 0 Å². The molecular weight excluding hydrogens is 211 g/mol. The van der Waals surface area contributed by atoms with Gasteiger partial charge in [0.15, 0.2) is 0 Å². The Morgan fingerprint density at radius 3 is 2.81 bits per heavy atom. The fourth-order valence-corrected chi connectivity index (χ4v) is 1.53. The number of hydrogen-bond acceptors (Lipinski definition) is 4. The molecule has 1 aliphatic heterocycles. The maximum Gasteiger partial charge on any atom is 0.243 e. The smallest absolute Gasteiger partial charge is 0.243 e. The van der Waals surface area contributed by atoms with Crippen LogP contribution in [0.2, 0.25) is 0 Å². The van der Waals surface area contributed by atoms with E-state index in [0.29, 0.717) is 6.42 Å². The molecule has 0 aliphatic carbocycles. The second-order valence-corrected chi connectivity index (χ2v) is 3.65. The minimum absolute atomic E-state index is 0.176. The van der Waals surface area contributed by atoms with Crippen LogP contribution in [0, 0.1) is 5.82 Å². The van der Waals surface area contributed by atoms with E-state index in [1.54, 1.807) is 12.1 Å². The third-order valence-corrected chi connectivity index (χ3v) is 2.38. The fraction of sp³-hybridized carbons (Fsp3) is 0.300. The summed E-state index contributed by atoms with van der Waals surface area (Å²) >= 11 is 0. The number of amides is 1. The molecule has 2 atom stereocenters. The Kier molecular flexibility index (Phi) is 3.14. The minimum atomic E-state index is -0.453. The Hall–Kier alpha value is -1.50. The first-order valence-corrected chi connectivity index (χ1v) is 4.99. The van der Waals surface area contributed by atoms with Gasteiger partial charge in [0.05, 0.1) is 11.9 Å². The number of carbonyl (C=O) groups excluding carboxylic acids is 1. The average molecular weight is 224 g/mol. The molecule has 1 aromatic carbocycles. The standard InChI is InChI=1S/C10H13FN4O/c11-6-3-1-2-4-7(6)13-10(16)8-5-9(12)15-14-8/h1-4,8-9,14-15H,5,12H2,(H,13,16). The molecule has 1 heterocycles. The average Bonchev–Trinajstić information content (AvgIpc) is 2.68. The second kappa shape index (κ2) is 4.56. The summed E-state index contributed by atoms with van der Waals surface area (Å²) in [7, 11) is 0. The monoisotopic (exact) mass is 224 g/mol. The van der Waals surface area contributed by atoms with Crippen molar-refractivity contribution in [3.8, 4) is 0 Å². The normalized spacial score (nSPS) is 24.4. The highest BCUT2D eigenvalue weighted by atomic mass is 19.1. The maximum absolute atomic E-state index is 13.2. The predicted molar refractivity (Wildman–Crippen MR) is 57.7 cm³/mol. The van der Waals surface area contributed by atoms with E-state index in [-0.39, 0.29) is 17.8 Å². The zero-order chi connectivity index (χ0) is 11.5. The summed E-state index contributed by atoms with van der Waals surface area (Å²) in [6.07, 6.45) is 0.219. The largest absolute Gasteiger partial charge is 0.322 e. The van der Waals surface area contributed by atoms with Gasteiger partial charge >= 0.3 is 0 Å². The van der Waals surface area contributed by atoms with Crippen molar-refractivity contribution < 1.29 is 9.18 Å². The SMILES string of the molecule is NC1CC(C(=O)Nc2ccccc2F)NN1. The van der Waals surface area contributed by atoms with Gasteiger partial charge in [-0.05, 0) is 12.1 Å². The molecule has 0 spiro atoms. The van der Waals surface area contributed by atoms with E-state index in [9.17, 15) is 9.18 Å². The second-order valence-electron chi connectivity index (χ2n) is 3.65. The van der Waals surface area contributed by atoms with E-state index < -0.39 is 11.9 Å². The summed E-state index contributed by atoms with van der Waals surface area (Å²) in [5, 5.41) is 2.50. The van der Waals surface area contributed by atoms with Crippen LogP contribution in [-0.2, 0) is 4.79 Å².